The second-order valence-electron chi connectivity index (χ2n) is 4.96. The molecule has 1 aromatic carbocycles. The third-order valence-electron chi connectivity index (χ3n) is 3.37. The van der Waals surface area contributed by atoms with Crippen LogP contribution in [0.25, 0.3) is 0 Å². The summed E-state index contributed by atoms with van der Waals surface area (Å²) < 4.78 is 0. The lowest BCUT2D eigenvalue weighted by molar-refractivity contribution is -0.117. The highest BCUT2D eigenvalue weighted by molar-refractivity contribution is 5.92. The zero-order chi connectivity index (χ0) is 13.0. The first-order valence-corrected chi connectivity index (χ1v) is 6.53. The molecule has 0 aliphatic carbocycles. The first-order chi connectivity index (χ1) is 8.65. The molecule has 0 atom stereocenters. The molecule has 4 nitrogen and oxygen atoms in total. The van der Waals surface area contributed by atoms with Crippen LogP contribution in [0.3, 0.4) is 0 Å². The fourth-order valence-corrected chi connectivity index (χ4v) is 2.27. The summed E-state index contributed by atoms with van der Waals surface area (Å²) in [6.07, 6.45) is 3.69. The molecular weight excluding hydrogens is 226 g/mol. The molecule has 98 valence electrons. The van der Waals surface area contributed by atoms with Crippen molar-refractivity contribution >= 4 is 17.3 Å². The van der Waals surface area contributed by atoms with Gasteiger partial charge in [-0.25, -0.2) is 0 Å². The normalized spacial score (nSPS) is 16.5. The van der Waals surface area contributed by atoms with Crippen molar-refractivity contribution in [1.82, 2.24) is 4.90 Å². The number of nitrogens with two attached hydrogens (primary N) is 1. The van der Waals surface area contributed by atoms with E-state index in [1.54, 1.807) is 0 Å². The molecule has 1 amide bonds. The largest absolute Gasteiger partial charge is 0.399 e. The molecule has 0 aromatic heterocycles. The Morgan fingerprint density at radius 1 is 1.33 bits per heavy atom. The maximum Gasteiger partial charge on any atom is 0.238 e. The Labute approximate surface area is 108 Å². The second-order valence-corrected chi connectivity index (χ2v) is 4.96. The van der Waals surface area contributed by atoms with Gasteiger partial charge in [-0.2, -0.15) is 0 Å². The van der Waals surface area contributed by atoms with Gasteiger partial charge in [0.15, 0.2) is 0 Å². The summed E-state index contributed by atoms with van der Waals surface area (Å²) >= 11 is 0. The van der Waals surface area contributed by atoms with Crippen molar-refractivity contribution in [1.29, 1.82) is 0 Å². The van der Waals surface area contributed by atoms with Crippen LogP contribution in [0, 0.1) is 6.92 Å². The predicted molar refractivity (Wildman–Crippen MR) is 74.5 cm³/mol. The van der Waals surface area contributed by atoms with Crippen LogP contribution in [-0.4, -0.2) is 30.4 Å². The van der Waals surface area contributed by atoms with Crippen LogP contribution >= 0.6 is 0 Å². The Morgan fingerprint density at radius 3 is 2.72 bits per heavy atom. The van der Waals surface area contributed by atoms with Crippen LogP contribution in [0.5, 0.6) is 0 Å². The van der Waals surface area contributed by atoms with Gasteiger partial charge in [0.25, 0.3) is 0 Å². The van der Waals surface area contributed by atoms with Gasteiger partial charge in [-0.1, -0.05) is 6.42 Å². The second kappa shape index (κ2) is 5.87. The van der Waals surface area contributed by atoms with Gasteiger partial charge in [-0.05, 0) is 56.6 Å². The van der Waals surface area contributed by atoms with Crippen LogP contribution in [0.1, 0.15) is 24.8 Å². The number of rotatable bonds is 3. The summed E-state index contributed by atoms with van der Waals surface area (Å²) in [7, 11) is 0. The summed E-state index contributed by atoms with van der Waals surface area (Å²) in [5, 5.41) is 2.92. The van der Waals surface area contributed by atoms with Gasteiger partial charge in [0.2, 0.25) is 5.91 Å². The topological polar surface area (TPSA) is 58.4 Å². The third-order valence-corrected chi connectivity index (χ3v) is 3.37. The summed E-state index contributed by atoms with van der Waals surface area (Å²) in [6.45, 7) is 4.50. The Hall–Kier alpha value is -1.55. The summed E-state index contributed by atoms with van der Waals surface area (Å²) in [5.41, 5.74) is 8.32. The van der Waals surface area contributed by atoms with Gasteiger partial charge in [0.05, 0.1) is 6.54 Å². The Bertz CT molecular complexity index is 425. The molecule has 1 aliphatic heterocycles. The molecule has 18 heavy (non-hydrogen) atoms. The molecule has 1 heterocycles. The van der Waals surface area contributed by atoms with Crippen molar-refractivity contribution in [3.05, 3.63) is 23.8 Å². The number of anilines is 2. The first kappa shape index (κ1) is 12.9. The molecular formula is C14H21N3O. The third kappa shape index (κ3) is 3.47. The minimum atomic E-state index is 0.0565. The van der Waals surface area contributed by atoms with Crippen LogP contribution in [0.2, 0.25) is 0 Å². The molecule has 1 aliphatic rings. The van der Waals surface area contributed by atoms with Crippen LogP contribution in [0.15, 0.2) is 18.2 Å². The van der Waals surface area contributed by atoms with Crippen molar-refractivity contribution in [3.8, 4) is 0 Å². The first-order valence-electron chi connectivity index (χ1n) is 6.53. The number of carbonyl (C=O) groups excluding carboxylic acids is 1. The van der Waals surface area contributed by atoms with Gasteiger partial charge in [0, 0.05) is 11.4 Å². The summed E-state index contributed by atoms with van der Waals surface area (Å²) in [5.74, 6) is 0.0565. The lowest BCUT2D eigenvalue weighted by atomic mass is 10.1. The molecule has 3 N–H and O–H groups in total. The van der Waals surface area contributed by atoms with E-state index in [-0.39, 0.29) is 5.91 Å². The molecule has 0 saturated carbocycles. The van der Waals surface area contributed by atoms with E-state index in [0.717, 1.165) is 30.0 Å². The number of hydrogen-bond donors (Lipinski definition) is 2. The van der Waals surface area contributed by atoms with E-state index >= 15 is 0 Å². The van der Waals surface area contributed by atoms with Crippen LogP contribution in [-0.2, 0) is 4.79 Å². The maximum atomic E-state index is 11.9. The molecule has 0 unspecified atom stereocenters. The smallest absolute Gasteiger partial charge is 0.238 e. The quantitative estimate of drug-likeness (QED) is 0.803. The molecule has 1 aromatic rings. The van der Waals surface area contributed by atoms with Crippen molar-refractivity contribution in [3.63, 3.8) is 0 Å². The number of hydrogen-bond acceptors (Lipinski definition) is 3. The molecule has 4 heteroatoms. The zero-order valence-electron chi connectivity index (χ0n) is 10.9. The van der Waals surface area contributed by atoms with Gasteiger partial charge in [-0.3, -0.25) is 9.69 Å². The van der Waals surface area contributed by atoms with E-state index in [1.165, 1.54) is 19.3 Å². The summed E-state index contributed by atoms with van der Waals surface area (Å²) in [4.78, 5) is 14.1. The predicted octanol–water partition coefficient (Wildman–Crippen LogP) is 2.00. The van der Waals surface area contributed by atoms with E-state index in [2.05, 4.69) is 10.2 Å². The van der Waals surface area contributed by atoms with Gasteiger partial charge < -0.3 is 11.1 Å². The Balaban J connectivity index is 1.88. The number of nitrogen functional groups attached to an aromatic ring is 1. The average molecular weight is 247 g/mol. The molecule has 0 radical (unpaired) electrons. The van der Waals surface area contributed by atoms with Gasteiger partial charge in [-0.15, -0.1) is 0 Å². The zero-order valence-corrected chi connectivity index (χ0v) is 10.9. The van der Waals surface area contributed by atoms with E-state index < -0.39 is 0 Å². The summed E-state index contributed by atoms with van der Waals surface area (Å²) in [6, 6.07) is 5.58. The number of nitrogens with zero attached hydrogens (tertiary/aromatic N) is 1. The number of amides is 1. The highest BCUT2D eigenvalue weighted by Gasteiger charge is 2.13. The highest BCUT2D eigenvalue weighted by Crippen LogP contribution is 2.16. The van der Waals surface area contributed by atoms with E-state index in [9.17, 15) is 4.79 Å². The molecule has 2 rings (SSSR count). The molecule has 1 saturated heterocycles. The SMILES string of the molecule is Cc1cc(NC(=O)CN2CCCCC2)ccc1N. The monoisotopic (exact) mass is 247 g/mol. The number of aryl methyl sites for hydroxylation is 1. The standard InChI is InChI=1S/C14H21N3O/c1-11-9-12(5-6-13(11)15)16-14(18)10-17-7-3-2-4-8-17/h5-6,9H,2-4,7-8,10,15H2,1H3,(H,16,18). The van der Waals surface area contributed by atoms with Crippen molar-refractivity contribution in [2.45, 2.75) is 26.2 Å². The number of piperidine rings is 1. The minimum absolute atomic E-state index is 0.0565. The Morgan fingerprint density at radius 2 is 2.06 bits per heavy atom. The van der Waals surface area contributed by atoms with Crippen LogP contribution in [0.4, 0.5) is 11.4 Å². The van der Waals surface area contributed by atoms with Gasteiger partial charge >= 0.3 is 0 Å². The van der Waals surface area contributed by atoms with E-state index in [0.29, 0.717) is 6.54 Å². The highest BCUT2D eigenvalue weighted by atomic mass is 16.2. The number of benzene rings is 1. The molecule has 0 spiro atoms. The Kier molecular flexibility index (Phi) is 4.20. The lowest BCUT2D eigenvalue weighted by Crippen LogP contribution is -2.36. The molecule has 0 bridgehead atoms. The maximum absolute atomic E-state index is 11.9. The van der Waals surface area contributed by atoms with Crippen LogP contribution < -0.4 is 11.1 Å². The number of carbonyl (C=O) groups is 1. The van der Waals surface area contributed by atoms with Crippen molar-refractivity contribution in [2.75, 3.05) is 30.7 Å². The number of nitrogens with one attached hydrogen (secondary N) is 1. The van der Waals surface area contributed by atoms with Crippen molar-refractivity contribution < 1.29 is 4.79 Å². The minimum Gasteiger partial charge on any atom is -0.399 e. The van der Waals surface area contributed by atoms with Crippen molar-refractivity contribution in [2.24, 2.45) is 0 Å². The van der Waals surface area contributed by atoms with Gasteiger partial charge in [0.1, 0.15) is 0 Å². The molecule has 1 fully saturated rings. The van der Waals surface area contributed by atoms with E-state index in [1.807, 2.05) is 25.1 Å². The number of likely N-dealkylation sites (tertiary alicyclic amines) is 1. The fourth-order valence-electron chi connectivity index (χ4n) is 2.27. The fraction of sp³-hybridized carbons (Fsp3) is 0.500. The lowest BCUT2D eigenvalue weighted by Gasteiger charge is -2.25. The average Bonchev–Trinajstić information content (AvgIpc) is 2.35. The van der Waals surface area contributed by atoms with E-state index in [4.69, 9.17) is 5.73 Å².